The lowest BCUT2D eigenvalue weighted by molar-refractivity contribution is -0.120. The SMILES string of the molecule is CCOCC1CNC(=O)[C@H]1c1ccc(C(=O)N2CCN(c3ncc(C4CC4)cc3C3CC3)CC2)c(F)c1. The molecule has 2 saturated heterocycles. The van der Waals surface area contributed by atoms with Gasteiger partial charge < -0.3 is 19.9 Å². The van der Waals surface area contributed by atoms with Gasteiger partial charge in [0.25, 0.3) is 5.91 Å². The Bertz CT molecular complexity index is 1190. The first-order chi connectivity index (χ1) is 18.0. The number of hydrogen-bond donors (Lipinski definition) is 1. The van der Waals surface area contributed by atoms with Gasteiger partial charge in [-0.2, -0.15) is 0 Å². The van der Waals surface area contributed by atoms with E-state index in [9.17, 15) is 9.59 Å². The van der Waals surface area contributed by atoms with Crippen molar-refractivity contribution in [2.24, 2.45) is 5.92 Å². The Morgan fingerprint density at radius 3 is 2.51 bits per heavy atom. The number of rotatable bonds is 8. The van der Waals surface area contributed by atoms with Crippen LogP contribution in [0.5, 0.6) is 0 Å². The van der Waals surface area contributed by atoms with Crippen LogP contribution in [0.3, 0.4) is 0 Å². The van der Waals surface area contributed by atoms with Crippen molar-refractivity contribution in [3.05, 3.63) is 58.5 Å². The van der Waals surface area contributed by atoms with Crippen LogP contribution in [0, 0.1) is 11.7 Å². The van der Waals surface area contributed by atoms with Crippen molar-refractivity contribution in [1.82, 2.24) is 15.2 Å². The molecule has 2 atom stereocenters. The summed E-state index contributed by atoms with van der Waals surface area (Å²) in [7, 11) is 0. The fourth-order valence-corrected chi connectivity index (χ4v) is 5.80. The third-order valence-electron chi connectivity index (χ3n) is 8.26. The Morgan fingerprint density at radius 1 is 1.08 bits per heavy atom. The van der Waals surface area contributed by atoms with Crippen LogP contribution < -0.4 is 10.2 Å². The maximum atomic E-state index is 15.2. The van der Waals surface area contributed by atoms with Gasteiger partial charge in [0.1, 0.15) is 11.6 Å². The van der Waals surface area contributed by atoms with Crippen LogP contribution >= 0.6 is 0 Å². The van der Waals surface area contributed by atoms with E-state index in [0.29, 0.717) is 63.3 Å². The lowest BCUT2D eigenvalue weighted by atomic mass is 9.88. The third kappa shape index (κ3) is 4.96. The molecule has 7 nitrogen and oxygen atoms in total. The van der Waals surface area contributed by atoms with Crippen LogP contribution in [0.1, 0.15) is 77.4 Å². The maximum Gasteiger partial charge on any atom is 0.256 e. The number of aromatic nitrogens is 1. The van der Waals surface area contributed by atoms with Gasteiger partial charge in [-0.1, -0.05) is 12.1 Å². The molecule has 6 rings (SSSR count). The monoisotopic (exact) mass is 506 g/mol. The van der Waals surface area contributed by atoms with E-state index in [-0.39, 0.29) is 23.3 Å². The molecule has 3 heterocycles. The fourth-order valence-electron chi connectivity index (χ4n) is 5.80. The number of anilines is 1. The second kappa shape index (κ2) is 10.0. The molecule has 2 aromatic rings. The Balaban J connectivity index is 1.12. The molecule has 0 radical (unpaired) electrons. The second-order valence-electron chi connectivity index (χ2n) is 10.9. The van der Waals surface area contributed by atoms with Gasteiger partial charge in [0.05, 0.1) is 18.1 Å². The normalized spacial score (nSPS) is 23.9. The van der Waals surface area contributed by atoms with Gasteiger partial charge in [0, 0.05) is 51.4 Å². The van der Waals surface area contributed by atoms with Crippen LogP contribution in [0.2, 0.25) is 0 Å². The molecule has 2 amide bonds. The molecule has 196 valence electrons. The van der Waals surface area contributed by atoms with E-state index in [2.05, 4.69) is 16.3 Å². The quantitative estimate of drug-likeness (QED) is 0.590. The van der Waals surface area contributed by atoms with Crippen molar-refractivity contribution < 1.29 is 18.7 Å². The van der Waals surface area contributed by atoms with Crippen molar-refractivity contribution in [2.75, 3.05) is 50.8 Å². The first kappa shape index (κ1) is 24.3. The van der Waals surface area contributed by atoms with Gasteiger partial charge in [-0.25, -0.2) is 9.37 Å². The maximum absolute atomic E-state index is 15.2. The number of nitrogens with one attached hydrogen (secondary N) is 1. The van der Waals surface area contributed by atoms with Crippen molar-refractivity contribution in [3.63, 3.8) is 0 Å². The third-order valence-corrected chi connectivity index (χ3v) is 8.26. The Morgan fingerprint density at radius 2 is 1.84 bits per heavy atom. The Kier molecular flexibility index (Phi) is 6.61. The molecule has 1 aromatic carbocycles. The summed E-state index contributed by atoms with van der Waals surface area (Å²) in [5, 5.41) is 2.85. The molecule has 2 aliphatic heterocycles. The number of carbonyl (C=O) groups excluding carboxylic acids is 2. The molecule has 8 heteroatoms. The highest BCUT2D eigenvalue weighted by molar-refractivity contribution is 5.95. The van der Waals surface area contributed by atoms with Gasteiger partial charge in [-0.15, -0.1) is 0 Å². The molecule has 4 fully saturated rings. The van der Waals surface area contributed by atoms with Crippen molar-refractivity contribution >= 4 is 17.6 Å². The summed E-state index contributed by atoms with van der Waals surface area (Å²) >= 11 is 0. The Hall–Kier alpha value is -3.00. The first-order valence-electron chi connectivity index (χ1n) is 13.7. The minimum absolute atomic E-state index is 0.0473. The lowest BCUT2D eigenvalue weighted by Crippen LogP contribution is -2.49. The van der Waals surface area contributed by atoms with Crippen molar-refractivity contribution in [2.45, 2.75) is 50.4 Å². The summed E-state index contributed by atoms with van der Waals surface area (Å²) in [6.45, 7) is 5.84. The number of ether oxygens (including phenoxy) is 1. The highest BCUT2D eigenvalue weighted by atomic mass is 19.1. The molecule has 0 spiro atoms. The van der Waals surface area contributed by atoms with Crippen molar-refractivity contribution in [3.8, 4) is 0 Å². The molecule has 1 unspecified atom stereocenters. The largest absolute Gasteiger partial charge is 0.381 e. The van der Waals surface area contributed by atoms with E-state index in [0.717, 1.165) is 5.82 Å². The van der Waals surface area contributed by atoms with E-state index in [1.165, 1.54) is 48.9 Å². The van der Waals surface area contributed by atoms with E-state index in [1.54, 1.807) is 11.0 Å². The van der Waals surface area contributed by atoms with Gasteiger partial charge in [-0.3, -0.25) is 9.59 Å². The number of halogens is 1. The van der Waals surface area contributed by atoms with Gasteiger partial charge in [0.2, 0.25) is 5.91 Å². The summed E-state index contributed by atoms with van der Waals surface area (Å²) in [6, 6.07) is 6.97. The summed E-state index contributed by atoms with van der Waals surface area (Å²) in [5.41, 5.74) is 3.39. The van der Waals surface area contributed by atoms with Gasteiger partial charge >= 0.3 is 0 Å². The van der Waals surface area contributed by atoms with Gasteiger partial charge in [0.15, 0.2) is 0 Å². The number of pyridine rings is 1. The molecular formula is C29H35FN4O3. The molecule has 37 heavy (non-hydrogen) atoms. The average Bonchev–Trinajstić information content (AvgIpc) is 3.84. The number of nitrogens with zero attached hydrogens (tertiary/aromatic N) is 3. The molecular weight excluding hydrogens is 471 g/mol. The molecule has 2 saturated carbocycles. The van der Waals surface area contributed by atoms with Crippen molar-refractivity contribution in [1.29, 1.82) is 0 Å². The number of hydrogen-bond acceptors (Lipinski definition) is 5. The smallest absolute Gasteiger partial charge is 0.256 e. The van der Waals surface area contributed by atoms with Crippen LogP contribution in [0.25, 0.3) is 0 Å². The highest BCUT2D eigenvalue weighted by Gasteiger charge is 2.37. The van der Waals surface area contributed by atoms with Crippen LogP contribution in [-0.2, 0) is 9.53 Å². The minimum Gasteiger partial charge on any atom is -0.381 e. The zero-order valence-electron chi connectivity index (χ0n) is 21.4. The first-order valence-corrected chi connectivity index (χ1v) is 13.7. The van der Waals surface area contributed by atoms with Crippen LogP contribution in [0.4, 0.5) is 10.2 Å². The predicted octanol–water partition coefficient (Wildman–Crippen LogP) is 3.80. The standard InChI is InChI=1S/C29H35FN4O3/c1-2-37-17-22-16-32-28(35)26(22)20-7-8-23(25(30)14-20)29(36)34-11-9-33(10-12-34)27-24(19-5-6-19)13-21(15-31-27)18-3-4-18/h7-8,13-15,18-19,22,26H,2-6,9-12,16-17H2,1H3,(H,32,35)/t22?,26-/m0/s1. The van der Waals surface area contributed by atoms with Gasteiger partial charge in [-0.05, 0) is 73.3 Å². The van der Waals surface area contributed by atoms with E-state index >= 15 is 4.39 Å². The predicted molar refractivity (Wildman–Crippen MR) is 138 cm³/mol. The summed E-state index contributed by atoms with van der Waals surface area (Å²) in [5.74, 6) is 0.854. The van der Waals surface area contributed by atoms with E-state index in [4.69, 9.17) is 9.72 Å². The highest BCUT2D eigenvalue weighted by Crippen LogP contribution is 2.47. The molecule has 4 aliphatic rings. The van der Waals surface area contributed by atoms with E-state index in [1.807, 2.05) is 13.1 Å². The number of piperazine rings is 1. The summed E-state index contributed by atoms with van der Waals surface area (Å²) in [4.78, 5) is 34.5. The second-order valence-corrected chi connectivity index (χ2v) is 10.9. The molecule has 0 bridgehead atoms. The van der Waals surface area contributed by atoms with E-state index < -0.39 is 11.7 Å². The fraction of sp³-hybridized carbons (Fsp3) is 0.552. The molecule has 1 aromatic heterocycles. The molecule has 1 N–H and O–H groups in total. The minimum atomic E-state index is -0.576. The summed E-state index contributed by atoms with van der Waals surface area (Å²) in [6.07, 6.45) is 7.03. The average molecular weight is 507 g/mol. The zero-order valence-corrected chi connectivity index (χ0v) is 21.4. The number of benzene rings is 1. The number of amides is 2. The van der Waals surface area contributed by atoms with Crippen LogP contribution in [0.15, 0.2) is 30.5 Å². The topological polar surface area (TPSA) is 74.8 Å². The number of carbonyl (C=O) groups is 2. The lowest BCUT2D eigenvalue weighted by Gasteiger charge is -2.36. The van der Waals surface area contributed by atoms with Crippen LogP contribution in [-0.4, -0.2) is 67.6 Å². The summed E-state index contributed by atoms with van der Waals surface area (Å²) < 4.78 is 20.7. The molecule has 2 aliphatic carbocycles. The zero-order chi connectivity index (χ0) is 25.5. The Labute approximate surface area is 217 Å².